The third kappa shape index (κ3) is 2.32. The fraction of sp³-hybridized carbons (Fsp3) is 0.100. The van der Waals surface area contributed by atoms with Crippen LogP contribution in [-0.2, 0) is 0 Å². The van der Waals surface area contributed by atoms with Crippen LogP contribution >= 0.6 is 27.5 Å². The maximum Gasteiger partial charge on any atom is 0.269 e. The number of carbonyl (C=O) groups excluding carboxylic acids is 1. The summed E-state index contributed by atoms with van der Waals surface area (Å²) in [5, 5.41) is 7.09. The van der Waals surface area contributed by atoms with E-state index < -0.39 is 0 Å². The van der Waals surface area contributed by atoms with E-state index in [1.807, 2.05) is 0 Å². The Morgan fingerprint density at radius 2 is 2.35 bits per heavy atom. The second-order valence-corrected chi connectivity index (χ2v) is 4.37. The molecule has 0 aliphatic carbocycles. The zero-order valence-corrected chi connectivity index (χ0v) is 11.2. The lowest BCUT2D eigenvalue weighted by Gasteiger charge is -2.06. The smallest absolute Gasteiger partial charge is 0.269 e. The quantitative estimate of drug-likeness (QED) is 0.922. The number of rotatable bonds is 2. The minimum absolute atomic E-state index is 0.259. The van der Waals surface area contributed by atoms with Crippen molar-refractivity contribution in [3.8, 4) is 5.82 Å². The van der Waals surface area contributed by atoms with Crippen molar-refractivity contribution in [1.29, 1.82) is 0 Å². The Morgan fingerprint density at radius 1 is 1.59 bits per heavy atom. The van der Waals surface area contributed by atoms with Crippen molar-refractivity contribution < 1.29 is 4.79 Å². The number of hydrogen-bond donors (Lipinski definition) is 1. The monoisotopic (exact) mass is 314 g/mol. The van der Waals surface area contributed by atoms with Crippen LogP contribution in [0.15, 0.2) is 29.0 Å². The number of aromatic nitrogens is 3. The van der Waals surface area contributed by atoms with E-state index in [4.69, 9.17) is 11.6 Å². The van der Waals surface area contributed by atoms with Gasteiger partial charge in [0.2, 0.25) is 0 Å². The maximum atomic E-state index is 11.7. The highest BCUT2D eigenvalue weighted by molar-refractivity contribution is 9.10. The second kappa shape index (κ2) is 4.85. The van der Waals surface area contributed by atoms with Gasteiger partial charge in [0, 0.05) is 19.3 Å². The summed E-state index contributed by atoms with van der Waals surface area (Å²) in [5.41, 5.74) is 0.361. The van der Waals surface area contributed by atoms with Gasteiger partial charge in [0.05, 0.1) is 5.02 Å². The van der Waals surface area contributed by atoms with Gasteiger partial charge in [0.1, 0.15) is 10.3 Å². The number of amides is 1. The van der Waals surface area contributed by atoms with Crippen LogP contribution in [0.5, 0.6) is 0 Å². The minimum atomic E-state index is -0.259. The molecule has 2 heterocycles. The Balaban J connectivity index is 2.60. The fourth-order valence-corrected chi connectivity index (χ4v) is 1.91. The van der Waals surface area contributed by atoms with Gasteiger partial charge in [-0.25, -0.2) is 9.67 Å². The SMILES string of the molecule is CNC(=O)c1cc(Br)nn1-c1ncccc1Cl. The van der Waals surface area contributed by atoms with E-state index in [2.05, 4.69) is 31.3 Å². The van der Waals surface area contributed by atoms with Gasteiger partial charge in [-0.05, 0) is 28.1 Å². The van der Waals surface area contributed by atoms with E-state index >= 15 is 0 Å². The molecule has 7 heteroatoms. The second-order valence-electron chi connectivity index (χ2n) is 3.15. The topological polar surface area (TPSA) is 59.8 Å². The van der Waals surface area contributed by atoms with Crippen molar-refractivity contribution in [2.75, 3.05) is 7.05 Å². The van der Waals surface area contributed by atoms with Crippen molar-refractivity contribution in [3.05, 3.63) is 39.7 Å². The van der Waals surface area contributed by atoms with E-state index in [1.54, 1.807) is 31.4 Å². The van der Waals surface area contributed by atoms with Crippen LogP contribution in [0.2, 0.25) is 5.02 Å². The molecule has 0 bridgehead atoms. The zero-order valence-electron chi connectivity index (χ0n) is 8.82. The summed E-state index contributed by atoms with van der Waals surface area (Å²) < 4.78 is 1.93. The molecule has 2 aromatic rings. The average Bonchev–Trinajstić information content (AvgIpc) is 2.71. The van der Waals surface area contributed by atoms with Crippen molar-refractivity contribution in [1.82, 2.24) is 20.1 Å². The van der Waals surface area contributed by atoms with Crippen LogP contribution in [0, 0.1) is 0 Å². The van der Waals surface area contributed by atoms with Gasteiger partial charge in [-0.15, -0.1) is 0 Å². The number of hydrogen-bond acceptors (Lipinski definition) is 3. The summed E-state index contributed by atoms with van der Waals surface area (Å²) in [6, 6.07) is 5.00. The van der Waals surface area contributed by atoms with Crippen LogP contribution < -0.4 is 5.32 Å². The minimum Gasteiger partial charge on any atom is -0.354 e. The summed E-state index contributed by atoms with van der Waals surface area (Å²) in [6.45, 7) is 0. The van der Waals surface area contributed by atoms with E-state index in [9.17, 15) is 4.79 Å². The molecule has 1 N–H and O–H groups in total. The van der Waals surface area contributed by atoms with Gasteiger partial charge < -0.3 is 5.32 Å². The van der Waals surface area contributed by atoms with Gasteiger partial charge in [0.15, 0.2) is 5.82 Å². The molecule has 0 radical (unpaired) electrons. The maximum absolute atomic E-state index is 11.7. The molecular weight excluding hydrogens is 307 g/mol. The van der Waals surface area contributed by atoms with Crippen LogP contribution in [0.3, 0.4) is 0 Å². The summed E-state index contributed by atoms with van der Waals surface area (Å²) in [7, 11) is 1.55. The summed E-state index contributed by atoms with van der Waals surface area (Å²) in [6.07, 6.45) is 1.59. The van der Waals surface area contributed by atoms with Crippen molar-refractivity contribution in [3.63, 3.8) is 0 Å². The molecule has 0 aliphatic rings. The number of halogens is 2. The molecule has 0 spiro atoms. The highest BCUT2D eigenvalue weighted by Gasteiger charge is 2.16. The van der Waals surface area contributed by atoms with E-state index in [1.165, 1.54) is 4.68 Å². The fourth-order valence-electron chi connectivity index (χ4n) is 1.34. The highest BCUT2D eigenvalue weighted by Crippen LogP contribution is 2.20. The lowest BCUT2D eigenvalue weighted by molar-refractivity contribution is 0.0955. The van der Waals surface area contributed by atoms with Crippen LogP contribution in [0.1, 0.15) is 10.5 Å². The summed E-state index contributed by atoms with van der Waals surface area (Å²) in [4.78, 5) is 15.8. The molecule has 2 rings (SSSR count). The molecule has 0 aromatic carbocycles. The van der Waals surface area contributed by atoms with Crippen LogP contribution in [0.4, 0.5) is 0 Å². The number of carbonyl (C=O) groups is 1. The third-order valence-electron chi connectivity index (χ3n) is 2.08. The Hall–Kier alpha value is -1.40. The van der Waals surface area contributed by atoms with Crippen molar-refractivity contribution >= 4 is 33.4 Å². The first-order valence-electron chi connectivity index (χ1n) is 4.72. The molecular formula is C10H8BrClN4O. The van der Waals surface area contributed by atoms with Crippen LogP contribution in [-0.4, -0.2) is 27.7 Å². The Kier molecular flexibility index (Phi) is 3.44. The van der Waals surface area contributed by atoms with Gasteiger partial charge in [-0.2, -0.15) is 5.10 Å². The number of nitrogens with zero attached hydrogens (tertiary/aromatic N) is 3. The molecule has 0 unspecified atom stereocenters. The third-order valence-corrected chi connectivity index (χ3v) is 2.76. The lowest BCUT2D eigenvalue weighted by atomic mass is 10.4. The average molecular weight is 316 g/mol. The summed E-state index contributed by atoms with van der Waals surface area (Å²) >= 11 is 9.24. The normalized spacial score (nSPS) is 10.3. The summed E-state index contributed by atoms with van der Waals surface area (Å²) in [5.74, 6) is 0.156. The van der Waals surface area contributed by atoms with E-state index in [-0.39, 0.29) is 5.91 Å². The molecule has 0 saturated heterocycles. The van der Waals surface area contributed by atoms with Crippen molar-refractivity contribution in [2.24, 2.45) is 0 Å². The first-order chi connectivity index (χ1) is 8.13. The molecule has 0 atom stereocenters. The van der Waals surface area contributed by atoms with Gasteiger partial charge in [-0.3, -0.25) is 4.79 Å². The predicted molar refractivity (Wildman–Crippen MR) is 67.5 cm³/mol. The molecule has 17 heavy (non-hydrogen) atoms. The molecule has 88 valence electrons. The van der Waals surface area contributed by atoms with Gasteiger partial charge in [-0.1, -0.05) is 11.6 Å². The first kappa shape index (κ1) is 12.1. The van der Waals surface area contributed by atoms with E-state index in [0.29, 0.717) is 21.1 Å². The molecule has 2 aromatic heterocycles. The molecule has 0 fully saturated rings. The lowest BCUT2D eigenvalue weighted by Crippen LogP contribution is -2.22. The first-order valence-corrected chi connectivity index (χ1v) is 5.89. The Labute approximate surface area is 111 Å². The predicted octanol–water partition coefficient (Wildman–Crippen LogP) is 2.04. The largest absolute Gasteiger partial charge is 0.354 e. The van der Waals surface area contributed by atoms with E-state index in [0.717, 1.165) is 0 Å². The van der Waals surface area contributed by atoms with Gasteiger partial charge in [0.25, 0.3) is 5.91 Å². The van der Waals surface area contributed by atoms with Gasteiger partial charge >= 0.3 is 0 Å². The molecule has 1 amide bonds. The van der Waals surface area contributed by atoms with Crippen molar-refractivity contribution in [2.45, 2.75) is 0 Å². The number of nitrogens with one attached hydrogen (secondary N) is 1. The Morgan fingerprint density at radius 3 is 3.00 bits per heavy atom. The molecule has 0 aliphatic heterocycles. The number of pyridine rings is 1. The zero-order chi connectivity index (χ0) is 12.4. The van der Waals surface area contributed by atoms with Crippen LogP contribution in [0.25, 0.3) is 5.82 Å². The molecule has 0 saturated carbocycles. The highest BCUT2D eigenvalue weighted by atomic mass is 79.9. The Bertz CT molecular complexity index is 569. The standard InChI is InChI=1S/C10H8BrClN4O/c1-13-10(17)7-5-8(11)15-16(7)9-6(12)3-2-4-14-9/h2-5H,1H3,(H,13,17). The molecule has 5 nitrogen and oxygen atoms in total.